The molecule has 6 atom stereocenters. The number of aliphatic hydroxyl groups excluding tert-OH is 1. The largest absolute Gasteiger partial charge is 0.480 e. The average molecular weight is 873 g/mol. The second kappa shape index (κ2) is 26.4. The second-order valence-electron chi connectivity index (χ2n) is 15.1. The van der Waals surface area contributed by atoms with E-state index in [1.807, 2.05) is 0 Å². The zero-order chi connectivity index (χ0) is 46.4. The van der Waals surface area contributed by atoms with Gasteiger partial charge in [0.25, 0.3) is 0 Å². The van der Waals surface area contributed by atoms with Gasteiger partial charge in [-0.2, -0.15) is 0 Å². The first-order chi connectivity index (χ1) is 29.3. The van der Waals surface area contributed by atoms with E-state index in [0.29, 0.717) is 11.3 Å². The maximum absolute atomic E-state index is 13.8. The van der Waals surface area contributed by atoms with Gasteiger partial charge < -0.3 is 69.0 Å². The van der Waals surface area contributed by atoms with Crippen molar-refractivity contribution in [2.45, 2.75) is 109 Å². The molecule has 0 radical (unpaired) electrons. The maximum atomic E-state index is 13.8. The lowest BCUT2D eigenvalue weighted by molar-refractivity contribution is -0.142. The second-order valence-corrected chi connectivity index (χ2v) is 15.1. The van der Waals surface area contributed by atoms with Crippen LogP contribution in [0.2, 0.25) is 0 Å². The number of imidazole rings is 1. The Labute approximate surface area is 358 Å². The number of ether oxygens (including phenoxy) is 1. The number of aliphatic carboxylic acids is 1. The van der Waals surface area contributed by atoms with Crippen molar-refractivity contribution >= 4 is 53.5 Å². The van der Waals surface area contributed by atoms with Crippen LogP contribution in [0.25, 0.3) is 0 Å². The van der Waals surface area contributed by atoms with Crippen molar-refractivity contribution in [1.29, 1.82) is 0 Å². The molecule has 1 aromatic heterocycles. The Bertz CT molecular complexity index is 1820. The first-order valence-electron chi connectivity index (χ1n) is 19.9. The summed E-state index contributed by atoms with van der Waals surface area (Å²) in [5.74, 6) is -7.69. The normalized spacial score (nSPS) is 13.9. The Hall–Kier alpha value is -6.78. The van der Waals surface area contributed by atoms with E-state index < -0.39 is 103 Å². The number of rotatable bonds is 27. The van der Waals surface area contributed by atoms with Crippen LogP contribution in [0.15, 0.2) is 47.8 Å². The number of aromatic nitrogens is 2. The fourth-order valence-corrected chi connectivity index (χ4v) is 5.81. The Balaban J connectivity index is 2.23. The SMILES string of the molecule is CC(C)CC(NC(=O)OCc1ccccc1)C(=O)NC(CO)C(=O)NC(CCC(N)=O)C(=O)NC(C(=O)NC(Cc1cnc[nH]1)C(=O)NC(CCCN=C(N)N)C(=O)O)C(C)C. The summed E-state index contributed by atoms with van der Waals surface area (Å²) >= 11 is 0. The van der Waals surface area contributed by atoms with E-state index >= 15 is 0 Å². The summed E-state index contributed by atoms with van der Waals surface area (Å²) in [6.07, 6.45) is 1.19. The highest BCUT2D eigenvalue weighted by Gasteiger charge is 2.35. The minimum absolute atomic E-state index is 0.0499. The summed E-state index contributed by atoms with van der Waals surface area (Å²) in [5.41, 5.74) is 17.1. The van der Waals surface area contributed by atoms with Gasteiger partial charge in [0.15, 0.2) is 5.96 Å². The van der Waals surface area contributed by atoms with Crippen molar-refractivity contribution in [3.8, 4) is 0 Å². The number of carboxylic acid groups (broad SMARTS) is 1. The number of aromatic amines is 1. The van der Waals surface area contributed by atoms with E-state index in [1.165, 1.54) is 12.5 Å². The highest BCUT2D eigenvalue weighted by molar-refractivity contribution is 5.97. The number of H-pyrrole nitrogens is 1. The standard InChI is InChI=1S/C39H60N12O11/c1-21(2)15-27(50-39(61)62-19-23-9-6-5-7-10-23)33(55)49-29(18-52)35(57)46-25(12-13-30(40)53)32(54)51-31(22(3)4)36(58)48-28(16-24-17-43-20-45-24)34(56)47-26(37(59)60)11-8-14-44-38(41)42/h5-7,9-10,17,20-22,25-29,31,52H,8,11-16,18-19H2,1-4H3,(H2,40,53)(H,43,45)(H,46,57)(H,47,56)(H,48,58)(H,49,55)(H,50,61)(H,51,54)(H,59,60)(H4,41,42,44). The number of nitrogens with one attached hydrogen (secondary N) is 7. The van der Waals surface area contributed by atoms with E-state index in [2.05, 4.69) is 46.9 Å². The third kappa shape index (κ3) is 19.1. The molecular formula is C39H60N12O11. The van der Waals surface area contributed by atoms with Crippen LogP contribution in [0.3, 0.4) is 0 Å². The summed E-state index contributed by atoms with van der Waals surface area (Å²) in [6.45, 7) is 5.85. The van der Waals surface area contributed by atoms with Gasteiger partial charge in [-0.1, -0.05) is 58.0 Å². The number of hydrogen-bond acceptors (Lipinski definition) is 12. The summed E-state index contributed by atoms with van der Waals surface area (Å²) < 4.78 is 5.24. The lowest BCUT2D eigenvalue weighted by Gasteiger charge is -2.28. The number of alkyl carbamates (subject to hydrolysis) is 1. The minimum atomic E-state index is -1.64. The van der Waals surface area contributed by atoms with E-state index in [-0.39, 0.29) is 57.1 Å². The lowest BCUT2D eigenvalue weighted by atomic mass is 10.0. The molecule has 1 aromatic carbocycles. The molecule has 0 aliphatic heterocycles. The maximum Gasteiger partial charge on any atom is 0.408 e. The van der Waals surface area contributed by atoms with E-state index in [9.17, 15) is 48.6 Å². The van der Waals surface area contributed by atoms with Crippen molar-refractivity contribution in [2.24, 2.45) is 34.0 Å². The molecule has 23 nitrogen and oxygen atoms in total. The van der Waals surface area contributed by atoms with Crippen LogP contribution in [0, 0.1) is 11.8 Å². The number of guanidine groups is 1. The molecule has 0 aliphatic carbocycles. The van der Waals surface area contributed by atoms with Gasteiger partial charge in [0.1, 0.15) is 42.9 Å². The van der Waals surface area contributed by atoms with Crippen molar-refractivity contribution in [2.75, 3.05) is 13.2 Å². The first-order valence-corrected chi connectivity index (χ1v) is 19.9. The quantitative estimate of drug-likeness (QED) is 0.0257. The predicted octanol–water partition coefficient (Wildman–Crippen LogP) is -2.23. The number of aliphatic imine (C=N–C) groups is 1. The molecule has 1 heterocycles. The molecule has 0 fully saturated rings. The molecule has 342 valence electrons. The number of carbonyl (C=O) groups excluding carboxylic acids is 7. The van der Waals surface area contributed by atoms with Crippen LogP contribution in [0.1, 0.15) is 71.1 Å². The molecule has 0 spiro atoms. The summed E-state index contributed by atoms with van der Waals surface area (Å²) in [6, 6.07) is 0.333. The molecule has 15 N–H and O–H groups in total. The van der Waals surface area contributed by atoms with Crippen LogP contribution in [0.5, 0.6) is 0 Å². The van der Waals surface area contributed by atoms with Gasteiger partial charge in [-0.15, -0.1) is 0 Å². The highest BCUT2D eigenvalue weighted by Crippen LogP contribution is 2.10. The molecular weight excluding hydrogens is 813 g/mol. The molecule has 7 amide bonds. The summed E-state index contributed by atoms with van der Waals surface area (Å²) in [4.78, 5) is 115. The van der Waals surface area contributed by atoms with Crippen molar-refractivity contribution < 1.29 is 53.3 Å². The van der Waals surface area contributed by atoms with Gasteiger partial charge in [-0.05, 0) is 43.1 Å². The van der Waals surface area contributed by atoms with Crippen molar-refractivity contribution in [3.05, 3.63) is 54.1 Å². The van der Waals surface area contributed by atoms with Crippen LogP contribution in [0.4, 0.5) is 4.79 Å². The number of aliphatic hydroxyl groups is 1. The topological polar surface area (TPSA) is 378 Å². The fourth-order valence-electron chi connectivity index (χ4n) is 5.81. The smallest absolute Gasteiger partial charge is 0.408 e. The number of carboxylic acids is 1. The highest BCUT2D eigenvalue weighted by atomic mass is 16.5. The molecule has 0 saturated heterocycles. The van der Waals surface area contributed by atoms with E-state index in [1.54, 1.807) is 58.0 Å². The van der Waals surface area contributed by atoms with Crippen LogP contribution in [-0.2, 0) is 51.3 Å². The van der Waals surface area contributed by atoms with Crippen molar-refractivity contribution in [3.63, 3.8) is 0 Å². The van der Waals surface area contributed by atoms with Gasteiger partial charge in [0.2, 0.25) is 35.4 Å². The Kier molecular flexibility index (Phi) is 21.9. The van der Waals surface area contributed by atoms with Crippen LogP contribution in [-0.4, -0.2) is 123 Å². The lowest BCUT2D eigenvalue weighted by Crippen LogP contribution is -2.61. The third-order valence-electron chi connectivity index (χ3n) is 9.08. The zero-order valence-corrected chi connectivity index (χ0v) is 35.2. The number of primary amides is 1. The van der Waals surface area contributed by atoms with Crippen molar-refractivity contribution in [1.82, 2.24) is 41.9 Å². The molecule has 2 rings (SSSR count). The number of amides is 7. The van der Waals surface area contributed by atoms with E-state index in [0.717, 1.165) is 0 Å². The molecule has 0 saturated carbocycles. The molecule has 2 aromatic rings. The Morgan fingerprint density at radius 2 is 1.35 bits per heavy atom. The average Bonchev–Trinajstić information content (AvgIpc) is 3.73. The molecule has 23 heteroatoms. The Morgan fingerprint density at radius 3 is 1.92 bits per heavy atom. The number of nitrogens with two attached hydrogens (primary N) is 3. The summed E-state index contributed by atoms with van der Waals surface area (Å²) in [7, 11) is 0. The number of carbonyl (C=O) groups is 8. The van der Waals surface area contributed by atoms with Gasteiger partial charge in [0.05, 0.1) is 12.9 Å². The summed E-state index contributed by atoms with van der Waals surface area (Å²) in [5, 5.41) is 34.6. The van der Waals surface area contributed by atoms with Gasteiger partial charge >= 0.3 is 12.1 Å². The molecule has 6 unspecified atom stereocenters. The monoisotopic (exact) mass is 872 g/mol. The molecule has 62 heavy (non-hydrogen) atoms. The van der Waals surface area contributed by atoms with Crippen LogP contribution >= 0.6 is 0 Å². The fraction of sp³-hybridized carbons (Fsp3) is 0.538. The zero-order valence-electron chi connectivity index (χ0n) is 35.2. The molecule has 0 aliphatic rings. The first kappa shape index (κ1) is 51.4. The van der Waals surface area contributed by atoms with Gasteiger partial charge in [-0.3, -0.25) is 33.8 Å². The number of benzene rings is 1. The minimum Gasteiger partial charge on any atom is -0.480 e. The predicted molar refractivity (Wildman–Crippen MR) is 223 cm³/mol. The van der Waals surface area contributed by atoms with Crippen LogP contribution < -0.4 is 49.1 Å². The van der Waals surface area contributed by atoms with Gasteiger partial charge in [0, 0.05) is 31.3 Å². The third-order valence-corrected chi connectivity index (χ3v) is 9.08. The molecule has 0 bridgehead atoms. The Morgan fingerprint density at radius 1 is 0.758 bits per heavy atom. The van der Waals surface area contributed by atoms with E-state index in [4.69, 9.17) is 21.9 Å². The number of nitrogens with zero attached hydrogens (tertiary/aromatic N) is 2. The van der Waals surface area contributed by atoms with Gasteiger partial charge in [-0.25, -0.2) is 14.6 Å². The number of hydrogen-bond donors (Lipinski definition) is 12.